The molecule has 0 aliphatic heterocycles. The molecule has 1 amide bonds. The van der Waals surface area contributed by atoms with E-state index in [1.54, 1.807) is 0 Å². The summed E-state index contributed by atoms with van der Waals surface area (Å²) in [6, 6.07) is 7.68. The number of nitrogens with one attached hydrogen (secondary N) is 2. The number of carbonyl (C=O) groups is 1. The zero-order valence-corrected chi connectivity index (χ0v) is 8.78. The Morgan fingerprint density at radius 3 is 2.60 bits per heavy atom. The maximum atomic E-state index is 11.1. The number of ether oxygens (including phenoxy) is 1. The molecule has 0 atom stereocenters. The Hall–Kier alpha value is -1.97. The van der Waals surface area contributed by atoms with Crippen LogP contribution in [0, 0.1) is 6.92 Å². The molecule has 15 heavy (non-hydrogen) atoms. The van der Waals surface area contributed by atoms with E-state index < -0.39 is 0 Å². The molecule has 0 aliphatic rings. The van der Waals surface area contributed by atoms with Crippen LogP contribution < -0.4 is 10.9 Å². The smallest absolute Gasteiger partial charge is 0.265 e. The fourth-order valence-electron chi connectivity index (χ4n) is 0.942. The maximum absolute atomic E-state index is 11.1. The second-order valence-electron chi connectivity index (χ2n) is 3.02. The van der Waals surface area contributed by atoms with Gasteiger partial charge in [0.2, 0.25) is 0 Å². The average Bonchev–Trinajstić information content (AvgIpc) is 2.25. The van der Waals surface area contributed by atoms with Gasteiger partial charge in [-0.25, -0.2) is 0 Å². The van der Waals surface area contributed by atoms with Gasteiger partial charge in [-0.15, -0.1) is 0 Å². The summed E-state index contributed by atoms with van der Waals surface area (Å²) in [5.74, 6) is -0.266. The summed E-state index contributed by atoms with van der Waals surface area (Å²) in [5, 5.41) is 0. The van der Waals surface area contributed by atoms with Crippen LogP contribution in [0.15, 0.2) is 36.6 Å². The van der Waals surface area contributed by atoms with Gasteiger partial charge in [0, 0.05) is 6.08 Å². The van der Waals surface area contributed by atoms with Gasteiger partial charge < -0.3 is 4.74 Å². The summed E-state index contributed by atoms with van der Waals surface area (Å²) in [6.45, 7) is 2.00. The van der Waals surface area contributed by atoms with E-state index in [9.17, 15) is 4.79 Å². The minimum absolute atomic E-state index is 0.266. The van der Waals surface area contributed by atoms with E-state index in [4.69, 9.17) is 0 Å². The van der Waals surface area contributed by atoms with E-state index in [0.29, 0.717) is 0 Å². The van der Waals surface area contributed by atoms with Crippen molar-refractivity contribution < 1.29 is 9.53 Å². The molecule has 0 aromatic heterocycles. The highest BCUT2D eigenvalue weighted by molar-refractivity contribution is 5.88. The van der Waals surface area contributed by atoms with E-state index in [1.165, 1.54) is 25.0 Å². The summed E-state index contributed by atoms with van der Waals surface area (Å²) in [7, 11) is 1.48. The number of rotatable bonds is 4. The lowest BCUT2D eigenvalue weighted by Crippen LogP contribution is -2.27. The SMILES string of the molecule is COC=CC(=O)NNc1ccc(C)cc1. The first-order chi connectivity index (χ1) is 7.22. The lowest BCUT2D eigenvalue weighted by molar-refractivity contribution is -0.116. The zero-order valence-electron chi connectivity index (χ0n) is 8.78. The van der Waals surface area contributed by atoms with Gasteiger partial charge in [-0.05, 0) is 19.1 Å². The minimum atomic E-state index is -0.266. The van der Waals surface area contributed by atoms with Crippen LogP contribution in [0.2, 0.25) is 0 Å². The second-order valence-corrected chi connectivity index (χ2v) is 3.02. The highest BCUT2D eigenvalue weighted by Crippen LogP contribution is 2.06. The first-order valence-electron chi connectivity index (χ1n) is 4.54. The monoisotopic (exact) mass is 206 g/mol. The van der Waals surface area contributed by atoms with E-state index in [0.717, 1.165) is 5.69 Å². The Morgan fingerprint density at radius 2 is 2.00 bits per heavy atom. The highest BCUT2D eigenvalue weighted by Gasteiger charge is 1.94. The molecule has 0 spiro atoms. The average molecular weight is 206 g/mol. The molecule has 80 valence electrons. The molecule has 0 fully saturated rings. The number of benzene rings is 1. The molecule has 1 rings (SSSR count). The molecular weight excluding hydrogens is 192 g/mol. The number of anilines is 1. The number of hydrazine groups is 1. The summed E-state index contributed by atoms with van der Waals surface area (Å²) < 4.78 is 4.61. The predicted molar refractivity (Wildman–Crippen MR) is 59.1 cm³/mol. The normalized spacial score (nSPS) is 10.0. The molecule has 2 N–H and O–H groups in total. The zero-order chi connectivity index (χ0) is 11.1. The van der Waals surface area contributed by atoms with Gasteiger partial charge in [-0.2, -0.15) is 0 Å². The van der Waals surface area contributed by atoms with E-state index in [-0.39, 0.29) is 5.91 Å². The molecule has 1 aromatic carbocycles. The number of aryl methyl sites for hydroxylation is 1. The standard InChI is InChI=1S/C11H14N2O2/c1-9-3-5-10(6-4-9)12-13-11(14)7-8-15-2/h3-8,12H,1-2H3,(H,13,14). The summed E-state index contributed by atoms with van der Waals surface area (Å²) >= 11 is 0. The van der Waals surface area contributed by atoms with Crippen LogP contribution in [0.25, 0.3) is 0 Å². The quantitative estimate of drug-likeness (QED) is 0.447. The van der Waals surface area contributed by atoms with E-state index in [2.05, 4.69) is 15.6 Å². The van der Waals surface area contributed by atoms with Crippen molar-refractivity contribution in [3.63, 3.8) is 0 Å². The van der Waals surface area contributed by atoms with Crippen LogP contribution in [0.1, 0.15) is 5.56 Å². The summed E-state index contributed by atoms with van der Waals surface area (Å²) in [5.41, 5.74) is 7.28. The van der Waals surface area contributed by atoms with Gasteiger partial charge >= 0.3 is 0 Å². The predicted octanol–water partition coefficient (Wildman–Crippen LogP) is 1.60. The minimum Gasteiger partial charge on any atom is -0.504 e. The van der Waals surface area contributed by atoms with Gasteiger partial charge in [0.15, 0.2) is 0 Å². The molecule has 0 aliphatic carbocycles. The molecule has 0 unspecified atom stereocenters. The van der Waals surface area contributed by atoms with Crippen LogP contribution in [0.5, 0.6) is 0 Å². The van der Waals surface area contributed by atoms with Crippen molar-refractivity contribution in [2.45, 2.75) is 6.92 Å². The van der Waals surface area contributed by atoms with Crippen molar-refractivity contribution in [3.05, 3.63) is 42.2 Å². The first-order valence-corrected chi connectivity index (χ1v) is 4.54. The lowest BCUT2D eigenvalue weighted by Gasteiger charge is -2.06. The lowest BCUT2D eigenvalue weighted by atomic mass is 10.2. The third-order valence-electron chi connectivity index (χ3n) is 1.74. The van der Waals surface area contributed by atoms with Crippen molar-refractivity contribution in [2.24, 2.45) is 0 Å². The van der Waals surface area contributed by atoms with Crippen molar-refractivity contribution in [2.75, 3.05) is 12.5 Å². The third-order valence-corrected chi connectivity index (χ3v) is 1.74. The van der Waals surface area contributed by atoms with Crippen LogP contribution in [0.3, 0.4) is 0 Å². The van der Waals surface area contributed by atoms with Crippen molar-refractivity contribution in [1.29, 1.82) is 0 Å². The molecule has 0 radical (unpaired) electrons. The first kappa shape index (κ1) is 11.1. The largest absolute Gasteiger partial charge is 0.504 e. The van der Waals surface area contributed by atoms with Crippen molar-refractivity contribution in [3.8, 4) is 0 Å². The number of hydrogen-bond acceptors (Lipinski definition) is 3. The Balaban J connectivity index is 2.40. The molecule has 0 heterocycles. The van der Waals surface area contributed by atoms with Gasteiger partial charge in [0.1, 0.15) is 0 Å². The second kappa shape index (κ2) is 5.70. The van der Waals surface area contributed by atoms with Crippen LogP contribution in [0.4, 0.5) is 5.69 Å². The molecule has 0 bridgehead atoms. The number of carbonyl (C=O) groups excluding carboxylic acids is 1. The van der Waals surface area contributed by atoms with Gasteiger partial charge in [-0.1, -0.05) is 17.7 Å². The van der Waals surface area contributed by atoms with Crippen molar-refractivity contribution in [1.82, 2.24) is 5.43 Å². The van der Waals surface area contributed by atoms with Gasteiger partial charge in [0.05, 0.1) is 19.1 Å². The van der Waals surface area contributed by atoms with Crippen molar-refractivity contribution >= 4 is 11.6 Å². The molecular formula is C11H14N2O2. The Labute approximate surface area is 88.9 Å². The highest BCUT2D eigenvalue weighted by atomic mass is 16.5. The van der Waals surface area contributed by atoms with Gasteiger partial charge in [-0.3, -0.25) is 15.6 Å². The topological polar surface area (TPSA) is 50.4 Å². The number of hydrogen-bond donors (Lipinski definition) is 2. The molecule has 0 saturated heterocycles. The number of amides is 1. The molecule has 4 heteroatoms. The fraction of sp³-hybridized carbons (Fsp3) is 0.182. The van der Waals surface area contributed by atoms with Crippen LogP contribution in [-0.2, 0) is 9.53 Å². The fourth-order valence-corrected chi connectivity index (χ4v) is 0.942. The molecule has 0 saturated carbocycles. The number of methoxy groups -OCH3 is 1. The maximum Gasteiger partial charge on any atom is 0.265 e. The Kier molecular flexibility index (Phi) is 4.22. The van der Waals surface area contributed by atoms with E-state index >= 15 is 0 Å². The van der Waals surface area contributed by atoms with E-state index in [1.807, 2.05) is 31.2 Å². The van der Waals surface area contributed by atoms with Crippen LogP contribution >= 0.6 is 0 Å². The molecule has 4 nitrogen and oxygen atoms in total. The summed E-state index contributed by atoms with van der Waals surface area (Å²) in [6.07, 6.45) is 2.60. The molecule has 1 aromatic rings. The third kappa shape index (κ3) is 4.17. The Morgan fingerprint density at radius 1 is 1.33 bits per heavy atom. The van der Waals surface area contributed by atoms with Gasteiger partial charge in [0.25, 0.3) is 5.91 Å². The van der Waals surface area contributed by atoms with Crippen LogP contribution in [-0.4, -0.2) is 13.0 Å². The Bertz CT molecular complexity index is 344. The summed E-state index contributed by atoms with van der Waals surface area (Å²) in [4.78, 5) is 11.1.